The minimum absolute atomic E-state index is 0.0925. The summed E-state index contributed by atoms with van der Waals surface area (Å²) in [6.45, 7) is 3.97. The quantitative estimate of drug-likeness (QED) is 0.496. The highest BCUT2D eigenvalue weighted by Crippen LogP contribution is 2.46. The molecule has 2 aliphatic rings. The van der Waals surface area contributed by atoms with Gasteiger partial charge in [-0.1, -0.05) is 44.2 Å². The molecule has 1 aromatic heterocycles. The lowest BCUT2D eigenvalue weighted by Crippen LogP contribution is -2.37. The van der Waals surface area contributed by atoms with Gasteiger partial charge < -0.3 is 10.6 Å². The van der Waals surface area contributed by atoms with Crippen molar-refractivity contribution in [3.8, 4) is 0 Å². The Morgan fingerprint density at radius 1 is 1.09 bits per heavy atom. The van der Waals surface area contributed by atoms with E-state index in [9.17, 15) is 22.8 Å². The van der Waals surface area contributed by atoms with Crippen LogP contribution in [0, 0.1) is 5.41 Å². The predicted molar refractivity (Wildman–Crippen MR) is 125 cm³/mol. The number of nitrogens with one attached hydrogen (secondary N) is 2. The second-order valence-electron chi connectivity index (χ2n) is 9.65. The number of rotatable bonds is 3. The zero-order chi connectivity index (χ0) is 25.0. The molecule has 1 unspecified atom stereocenters. The molecule has 5 rings (SSSR count). The van der Waals surface area contributed by atoms with Crippen LogP contribution in [0.2, 0.25) is 0 Å². The van der Waals surface area contributed by atoms with E-state index in [1.807, 2.05) is 19.9 Å². The van der Waals surface area contributed by atoms with E-state index < -0.39 is 17.8 Å². The van der Waals surface area contributed by atoms with Gasteiger partial charge in [0, 0.05) is 23.4 Å². The van der Waals surface area contributed by atoms with E-state index in [1.165, 1.54) is 23.0 Å². The van der Waals surface area contributed by atoms with Crippen LogP contribution in [-0.4, -0.2) is 21.5 Å². The number of anilines is 2. The molecule has 2 heterocycles. The Morgan fingerprint density at radius 2 is 1.77 bits per heavy atom. The van der Waals surface area contributed by atoms with Gasteiger partial charge in [0.05, 0.1) is 11.8 Å². The molecule has 2 N–H and O–H groups in total. The van der Waals surface area contributed by atoms with Crippen molar-refractivity contribution in [1.29, 1.82) is 0 Å². The van der Waals surface area contributed by atoms with E-state index in [0.29, 0.717) is 41.2 Å². The van der Waals surface area contributed by atoms with Gasteiger partial charge in [-0.05, 0) is 41.7 Å². The van der Waals surface area contributed by atoms with E-state index in [-0.39, 0.29) is 22.7 Å². The van der Waals surface area contributed by atoms with E-state index in [1.54, 1.807) is 24.3 Å². The van der Waals surface area contributed by atoms with Gasteiger partial charge in [-0.2, -0.15) is 18.3 Å². The number of para-hydroxylation sites is 1. The molecule has 0 saturated heterocycles. The molecular formula is C26H23F3N4O2. The summed E-state index contributed by atoms with van der Waals surface area (Å²) in [4.78, 5) is 26.3. The number of Topliss-reactive ketones (excluding diaryl/α,β-unsaturated/α-hetero) is 1. The Morgan fingerprint density at radius 3 is 2.43 bits per heavy atom. The topological polar surface area (TPSA) is 76.0 Å². The molecule has 1 aliphatic carbocycles. The minimum Gasteiger partial charge on any atom is -0.343 e. The number of halogens is 3. The number of alkyl halides is 3. The number of hydrogen-bond acceptors (Lipinski definition) is 4. The number of allylic oxidation sites excluding steroid dienone is 2. The Balaban J connectivity index is 1.60. The second-order valence-corrected chi connectivity index (χ2v) is 9.65. The monoisotopic (exact) mass is 480 g/mol. The predicted octanol–water partition coefficient (Wildman–Crippen LogP) is 5.81. The Bertz CT molecular complexity index is 1340. The van der Waals surface area contributed by atoms with E-state index in [4.69, 9.17) is 0 Å². The largest absolute Gasteiger partial charge is 0.416 e. The highest BCUT2D eigenvalue weighted by atomic mass is 19.4. The second kappa shape index (κ2) is 8.11. The van der Waals surface area contributed by atoms with Gasteiger partial charge in [-0.15, -0.1) is 0 Å². The maximum atomic E-state index is 13.2. The molecule has 3 aromatic rings. The van der Waals surface area contributed by atoms with Crippen molar-refractivity contribution in [3.63, 3.8) is 0 Å². The summed E-state index contributed by atoms with van der Waals surface area (Å²) in [5, 5.41) is 10.5. The highest BCUT2D eigenvalue weighted by Gasteiger charge is 2.42. The van der Waals surface area contributed by atoms with Gasteiger partial charge in [0.2, 0.25) is 0 Å². The number of aromatic nitrogens is 2. The molecule has 0 spiro atoms. The smallest absolute Gasteiger partial charge is 0.343 e. The molecular weight excluding hydrogens is 457 g/mol. The number of carbonyl (C=O) groups is 2. The van der Waals surface area contributed by atoms with Gasteiger partial charge in [-0.25, -0.2) is 4.68 Å². The fourth-order valence-electron chi connectivity index (χ4n) is 4.76. The lowest BCUT2D eigenvalue weighted by atomic mass is 9.73. The van der Waals surface area contributed by atoms with Crippen LogP contribution in [-0.2, 0) is 11.0 Å². The summed E-state index contributed by atoms with van der Waals surface area (Å²) in [5.74, 6) is -0.0840. The normalized spacial score (nSPS) is 19.0. The maximum Gasteiger partial charge on any atom is 0.416 e. The van der Waals surface area contributed by atoms with Crippen LogP contribution in [0.25, 0.3) is 0 Å². The average Bonchev–Trinajstić information content (AvgIpc) is 3.20. The van der Waals surface area contributed by atoms with Crippen LogP contribution in [0.3, 0.4) is 0 Å². The SMILES string of the molecule is CC1(C)CC(=O)C2=C(C1)Nc1c(C(=O)Nc3ccccc3)cnn1C2c1ccc(C(F)(F)F)cc1. The first-order valence-corrected chi connectivity index (χ1v) is 11.2. The molecule has 35 heavy (non-hydrogen) atoms. The molecule has 0 bridgehead atoms. The van der Waals surface area contributed by atoms with Gasteiger partial charge >= 0.3 is 6.18 Å². The first-order chi connectivity index (χ1) is 16.5. The van der Waals surface area contributed by atoms with Gasteiger partial charge in [0.1, 0.15) is 17.4 Å². The highest BCUT2D eigenvalue weighted by molar-refractivity contribution is 6.08. The van der Waals surface area contributed by atoms with Gasteiger partial charge in [-0.3, -0.25) is 9.59 Å². The first kappa shape index (κ1) is 22.9. The summed E-state index contributed by atoms with van der Waals surface area (Å²) in [7, 11) is 0. The van der Waals surface area contributed by atoms with Crippen LogP contribution in [0.5, 0.6) is 0 Å². The molecule has 2 aromatic carbocycles. The van der Waals surface area contributed by atoms with Crippen molar-refractivity contribution in [2.75, 3.05) is 10.6 Å². The van der Waals surface area contributed by atoms with E-state index >= 15 is 0 Å². The maximum absolute atomic E-state index is 13.2. The van der Waals surface area contributed by atoms with E-state index in [2.05, 4.69) is 15.7 Å². The van der Waals surface area contributed by atoms with Crippen molar-refractivity contribution in [3.05, 3.63) is 88.8 Å². The van der Waals surface area contributed by atoms with Crippen LogP contribution in [0.15, 0.2) is 72.1 Å². The minimum atomic E-state index is -4.47. The zero-order valence-electron chi connectivity index (χ0n) is 19.1. The summed E-state index contributed by atoms with van der Waals surface area (Å²) in [6, 6.07) is 12.9. The van der Waals surface area contributed by atoms with Crippen molar-refractivity contribution < 1.29 is 22.8 Å². The lowest BCUT2D eigenvalue weighted by molar-refractivity contribution is -0.137. The van der Waals surface area contributed by atoms with Crippen LogP contribution < -0.4 is 10.6 Å². The number of amides is 1. The lowest BCUT2D eigenvalue weighted by Gasteiger charge is -2.39. The molecule has 1 aliphatic heterocycles. The molecule has 180 valence electrons. The summed E-state index contributed by atoms with van der Waals surface area (Å²) in [5.41, 5.74) is 1.42. The third kappa shape index (κ3) is 4.22. The van der Waals surface area contributed by atoms with Crippen LogP contribution >= 0.6 is 0 Å². The van der Waals surface area contributed by atoms with Crippen molar-refractivity contribution in [2.45, 2.75) is 38.9 Å². The summed E-state index contributed by atoms with van der Waals surface area (Å²) in [6.07, 6.45) is -2.20. The standard InChI is InChI=1S/C26H23F3N4O2/c1-25(2)12-19-21(20(34)13-25)22(15-8-10-16(11-9-15)26(27,28)29)33-23(32-19)18(14-30-33)24(35)31-17-6-4-3-5-7-17/h3-11,14,22,32H,12-13H2,1-2H3,(H,31,35). The fraction of sp³-hybridized carbons (Fsp3) is 0.269. The Kier molecular flexibility index (Phi) is 5.30. The fourth-order valence-corrected chi connectivity index (χ4v) is 4.76. The van der Waals surface area contributed by atoms with Crippen molar-refractivity contribution >= 4 is 23.2 Å². The van der Waals surface area contributed by atoms with Crippen LogP contribution in [0.4, 0.5) is 24.7 Å². The molecule has 0 saturated carbocycles. The van der Waals surface area contributed by atoms with Gasteiger partial charge in [0.25, 0.3) is 5.91 Å². The summed E-state index contributed by atoms with van der Waals surface area (Å²) < 4.78 is 41.0. The average molecular weight is 480 g/mol. The Labute approximate surface area is 199 Å². The number of carbonyl (C=O) groups excluding carboxylic acids is 2. The number of fused-ring (bicyclic) bond motifs is 1. The van der Waals surface area contributed by atoms with Crippen LogP contribution in [0.1, 0.15) is 54.2 Å². The number of ketones is 1. The first-order valence-electron chi connectivity index (χ1n) is 11.2. The molecule has 1 atom stereocenters. The molecule has 9 heteroatoms. The molecule has 1 amide bonds. The third-order valence-electron chi connectivity index (χ3n) is 6.33. The van der Waals surface area contributed by atoms with Crippen molar-refractivity contribution in [2.24, 2.45) is 5.41 Å². The zero-order valence-corrected chi connectivity index (χ0v) is 19.1. The molecule has 6 nitrogen and oxygen atoms in total. The van der Waals surface area contributed by atoms with Gasteiger partial charge in [0.15, 0.2) is 5.78 Å². The third-order valence-corrected chi connectivity index (χ3v) is 6.33. The molecule has 0 fully saturated rings. The van der Waals surface area contributed by atoms with E-state index in [0.717, 1.165) is 12.1 Å². The summed E-state index contributed by atoms with van der Waals surface area (Å²) >= 11 is 0. The number of nitrogens with zero attached hydrogens (tertiary/aromatic N) is 2. The van der Waals surface area contributed by atoms with Crippen molar-refractivity contribution in [1.82, 2.24) is 9.78 Å². The number of benzene rings is 2. The Hall–Kier alpha value is -3.88. The molecule has 0 radical (unpaired) electrons. The number of hydrogen-bond donors (Lipinski definition) is 2.